The van der Waals surface area contributed by atoms with Gasteiger partial charge in [-0.15, -0.1) is 10.8 Å². The van der Waals surface area contributed by atoms with Crippen molar-refractivity contribution in [3.63, 3.8) is 0 Å². The number of H-pyrrole nitrogens is 1. The first-order valence-electron chi connectivity index (χ1n) is 11.1. The van der Waals surface area contributed by atoms with Crippen LogP contribution in [0.4, 0.5) is 8.78 Å². The Morgan fingerprint density at radius 1 is 1.08 bits per heavy atom. The number of rotatable bonds is 7. The van der Waals surface area contributed by atoms with Crippen molar-refractivity contribution in [2.45, 2.75) is 29.0 Å². The Morgan fingerprint density at radius 2 is 1.81 bits per heavy atom. The zero-order chi connectivity index (χ0) is 26.4. The number of amides is 1. The molecule has 0 saturated carbocycles. The van der Waals surface area contributed by atoms with Gasteiger partial charge >= 0.3 is 0 Å². The second-order valence-electron chi connectivity index (χ2n) is 8.64. The van der Waals surface area contributed by atoms with E-state index < -0.39 is 54.5 Å². The Hall–Kier alpha value is -3.36. The molecule has 13 heteroatoms. The van der Waals surface area contributed by atoms with E-state index in [4.69, 9.17) is 0 Å². The Labute approximate surface area is 212 Å². The number of hydrogen-bond acceptors (Lipinski definition) is 6. The van der Waals surface area contributed by atoms with Gasteiger partial charge < -0.3 is 4.98 Å². The number of aromatic nitrogens is 2. The summed E-state index contributed by atoms with van der Waals surface area (Å²) in [6.07, 6.45) is 0.0343. The SMILES string of the molecule is O=C1CC(c2ccc(C[C@H](NS(=O)(=O)c3ccc(F)cc3F)c3nc4ccccc4[nH]3)cc2)S(O)(O)N1. The lowest BCUT2D eigenvalue weighted by Gasteiger charge is -2.32. The lowest BCUT2D eigenvalue weighted by Crippen LogP contribution is -2.31. The van der Waals surface area contributed by atoms with Crippen LogP contribution in [0, 0.1) is 11.6 Å². The number of aromatic amines is 1. The number of nitrogens with one attached hydrogen (secondary N) is 3. The molecule has 1 amide bonds. The molecular weight excluding hydrogens is 526 g/mol. The van der Waals surface area contributed by atoms with Crippen LogP contribution < -0.4 is 9.44 Å². The van der Waals surface area contributed by atoms with Gasteiger partial charge in [-0.05, 0) is 41.8 Å². The summed E-state index contributed by atoms with van der Waals surface area (Å²) in [6, 6.07) is 15.0. The Kier molecular flexibility index (Phi) is 6.50. The zero-order valence-corrected chi connectivity index (χ0v) is 20.7. The molecule has 37 heavy (non-hydrogen) atoms. The molecule has 194 valence electrons. The van der Waals surface area contributed by atoms with E-state index in [9.17, 15) is 31.1 Å². The molecule has 9 nitrogen and oxygen atoms in total. The van der Waals surface area contributed by atoms with Crippen molar-refractivity contribution in [2.75, 3.05) is 0 Å². The molecule has 2 heterocycles. The topological polar surface area (TPSA) is 144 Å². The summed E-state index contributed by atoms with van der Waals surface area (Å²) in [5.41, 5.74) is 2.48. The summed E-state index contributed by atoms with van der Waals surface area (Å²) in [5.74, 6) is -2.29. The third kappa shape index (κ3) is 5.22. The van der Waals surface area contributed by atoms with Crippen LogP contribution in [-0.4, -0.2) is 33.4 Å². The Morgan fingerprint density at radius 3 is 2.46 bits per heavy atom. The van der Waals surface area contributed by atoms with Crippen LogP contribution in [0.2, 0.25) is 0 Å². The Balaban J connectivity index is 1.46. The number of carbonyl (C=O) groups excluding carboxylic acids is 1. The molecule has 1 unspecified atom stereocenters. The maximum atomic E-state index is 14.3. The molecule has 1 aliphatic heterocycles. The maximum absolute atomic E-state index is 14.3. The van der Waals surface area contributed by atoms with Gasteiger partial charge in [-0.25, -0.2) is 26.9 Å². The van der Waals surface area contributed by atoms with Crippen LogP contribution in [0.25, 0.3) is 11.0 Å². The summed E-state index contributed by atoms with van der Waals surface area (Å²) in [6.45, 7) is 0. The molecule has 0 bridgehead atoms. The molecule has 5 rings (SSSR count). The van der Waals surface area contributed by atoms with Crippen LogP contribution >= 0.6 is 10.8 Å². The summed E-state index contributed by atoms with van der Waals surface area (Å²) in [4.78, 5) is 18.5. The van der Waals surface area contributed by atoms with E-state index in [1.165, 1.54) is 0 Å². The molecule has 1 saturated heterocycles. The van der Waals surface area contributed by atoms with Gasteiger partial charge in [0.2, 0.25) is 15.9 Å². The van der Waals surface area contributed by atoms with Crippen molar-refractivity contribution >= 4 is 37.7 Å². The molecule has 1 fully saturated rings. The fourth-order valence-corrected chi connectivity index (χ4v) is 6.99. The van der Waals surface area contributed by atoms with Crippen molar-refractivity contribution < 1.29 is 31.1 Å². The number of benzene rings is 3. The second-order valence-corrected chi connectivity index (χ2v) is 12.3. The van der Waals surface area contributed by atoms with E-state index >= 15 is 0 Å². The quantitative estimate of drug-likeness (QED) is 0.233. The van der Waals surface area contributed by atoms with Gasteiger partial charge in [0.25, 0.3) is 0 Å². The van der Waals surface area contributed by atoms with E-state index in [1.54, 1.807) is 48.5 Å². The largest absolute Gasteiger partial charge is 0.341 e. The molecule has 2 atom stereocenters. The highest BCUT2D eigenvalue weighted by Gasteiger charge is 2.38. The highest BCUT2D eigenvalue weighted by molar-refractivity contribution is 8.23. The predicted molar refractivity (Wildman–Crippen MR) is 134 cm³/mol. The number of imidazole rings is 1. The summed E-state index contributed by atoms with van der Waals surface area (Å²) in [7, 11) is -7.73. The van der Waals surface area contributed by atoms with Gasteiger partial charge in [0.05, 0.1) is 23.5 Å². The van der Waals surface area contributed by atoms with E-state index in [2.05, 4.69) is 19.4 Å². The van der Waals surface area contributed by atoms with Crippen LogP contribution in [-0.2, 0) is 21.2 Å². The molecule has 3 aromatic carbocycles. The minimum atomic E-state index is -4.42. The number of para-hydroxylation sites is 2. The monoisotopic (exact) mass is 548 g/mol. The summed E-state index contributed by atoms with van der Waals surface area (Å²) < 4.78 is 78.8. The predicted octanol–water partition coefficient (Wildman–Crippen LogP) is 4.33. The van der Waals surface area contributed by atoms with E-state index in [0.29, 0.717) is 28.2 Å². The van der Waals surface area contributed by atoms with Gasteiger partial charge in [-0.3, -0.25) is 18.6 Å². The minimum absolute atomic E-state index is 0.0632. The van der Waals surface area contributed by atoms with Gasteiger partial charge in [0.1, 0.15) is 27.6 Å². The standard InChI is InChI=1S/C24H22F2N4O5S2/c25-16-9-10-21(17(26)12-16)36(32,33)29-20(24-27-18-3-1-2-4-19(18)28-24)11-14-5-7-15(8-6-14)22-13-23(31)30-37(22,34)35/h1-10,12,20,22,29,34-35H,11,13H2,(H,27,28)(H,30,31)/t20-,22?/m0/s1. The number of nitrogens with zero attached hydrogens (tertiary/aromatic N) is 1. The van der Waals surface area contributed by atoms with E-state index in [-0.39, 0.29) is 18.7 Å². The normalized spacial score (nSPS) is 19.0. The highest BCUT2D eigenvalue weighted by Crippen LogP contribution is 2.56. The van der Waals surface area contributed by atoms with Gasteiger partial charge in [0.15, 0.2) is 0 Å². The molecular formula is C24H22F2N4O5S2. The number of halogens is 2. The smallest absolute Gasteiger partial charge is 0.244 e. The first kappa shape index (κ1) is 25.3. The van der Waals surface area contributed by atoms with Crippen LogP contribution in [0.1, 0.15) is 34.7 Å². The fourth-order valence-electron chi connectivity index (χ4n) is 4.25. The first-order chi connectivity index (χ1) is 17.5. The zero-order valence-electron chi connectivity index (χ0n) is 19.1. The van der Waals surface area contributed by atoms with Crippen molar-refractivity contribution in [1.29, 1.82) is 0 Å². The van der Waals surface area contributed by atoms with Gasteiger partial charge in [-0.1, -0.05) is 36.4 Å². The van der Waals surface area contributed by atoms with Crippen LogP contribution in [0.5, 0.6) is 0 Å². The van der Waals surface area contributed by atoms with Gasteiger partial charge in [-0.2, -0.15) is 0 Å². The second kappa shape index (κ2) is 9.50. The average molecular weight is 549 g/mol. The Bertz CT molecular complexity index is 1560. The molecule has 0 spiro atoms. The third-order valence-corrected chi connectivity index (χ3v) is 9.31. The number of hydrogen-bond donors (Lipinski definition) is 5. The van der Waals surface area contributed by atoms with E-state index in [1.807, 2.05) is 0 Å². The first-order valence-corrected chi connectivity index (χ1v) is 14.2. The molecule has 4 aromatic rings. The minimum Gasteiger partial charge on any atom is -0.341 e. The maximum Gasteiger partial charge on any atom is 0.244 e. The lowest BCUT2D eigenvalue weighted by atomic mass is 10.0. The summed E-state index contributed by atoms with van der Waals surface area (Å²) >= 11 is 0. The van der Waals surface area contributed by atoms with Crippen molar-refractivity contribution in [3.8, 4) is 0 Å². The number of fused-ring (bicyclic) bond motifs is 1. The lowest BCUT2D eigenvalue weighted by molar-refractivity contribution is -0.118. The summed E-state index contributed by atoms with van der Waals surface area (Å²) in [5, 5.41) is -0.792. The van der Waals surface area contributed by atoms with E-state index in [0.717, 1.165) is 12.1 Å². The highest BCUT2D eigenvalue weighted by atomic mass is 32.3. The van der Waals surface area contributed by atoms with Crippen molar-refractivity contribution in [3.05, 3.63) is 95.3 Å². The number of carbonyl (C=O) groups is 1. The third-order valence-electron chi connectivity index (χ3n) is 6.04. The van der Waals surface area contributed by atoms with Gasteiger partial charge in [0, 0.05) is 6.07 Å². The fraction of sp³-hybridized carbons (Fsp3) is 0.167. The number of sulfonamides is 1. The van der Waals surface area contributed by atoms with Crippen LogP contribution in [0.3, 0.4) is 0 Å². The molecule has 1 aromatic heterocycles. The average Bonchev–Trinajstić information content (AvgIpc) is 3.38. The molecule has 5 N–H and O–H groups in total. The molecule has 0 aliphatic carbocycles. The van der Waals surface area contributed by atoms with Crippen molar-refractivity contribution in [1.82, 2.24) is 19.4 Å². The van der Waals surface area contributed by atoms with Crippen molar-refractivity contribution in [2.24, 2.45) is 0 Å². The molecule has 1 aliphatic rings. The van der Waals surface area contributed by atoms with Crippen LogP contribution in [0.15, 0.2) is 71.6 Å². The molecule has 0 radical (unpaired) electrons.